The van der Waals surface area contributed by atoms with Crippen LogP contribution in [0, 0.1) is 0 Å². The molecule has 0 nitrogen and oxygen atoms in total. The highest BCUT2D eigenvalue weighted by molar-refractivity contribution is 6.21. The first-order valence-electron chi connectivity index (χ1n) is 3.18. The molecule has 0 bridgehead atoms. The molecule has 1 heteroatoms. The van der Waals surface area contributed by atoms with Crippen molar-refractivity contribution in [3.05, 3.63) is 36.9 Å². The van der Waals surface area contributed by atoms with E-state index in [-0.39, 0.29) is 0 Å². The van der Waals surface area contributed by atoms with Crippen molar-refractivity contribution in [3.63, 3.8) is 0 Å². The smallest absolute Gasteiger partial charge is 0.110 e. The molecule has 0 amide bonds. The molecule has 0 aliphatic rings. The number of hydrogen-bond acceptors (Lipinski definition) is 0. The maximum Gasteiger partial charge on any atom is 0.133 e. The van der Waals surface area contributed by atoms with Crippen LogP contribution in [0.15, 0.2) is 36.9 Å². The molecular formula is C8H13B. The summed E-state index contributed by atoms with van der Waals surface area (Å²) >= 11 is 0. The van der Waals surface area contributed by atoms with Crippen molar-refractivity contribution in [1.82, 2.24) is 0 Å². The van der Waals surface area contributed by atoms with Crippen molar-refractivity contribution in [1.29, 1.82) is 0 Å². The summed E-state index contributed by atoms with van der Waals surface area (Å²) in [5, 5.41) is 0. The van der Waals surface area contributed by atoms with Gasteiger partial charge < -0.3 is 0 Å². The van der Waals surface area contributed by atoms with Gasteiger partial charge in [0.2, 0.25) is 0 Å². The lowest BCUT2D eigenvalue weighted by Crippen LogP contribution is -1.76. The van der Waals surface area contributed by atoms with Crippen LogP contribution in [0.25, 0.3) is 0 Å². The van der Waals surface area contributed by atoms with Crippen LogP contribution < -0.4 is 0 Å². The topological polar surface area (TPSA) is 0 Å². The summed E-state index contributed by atoms with van der Waals surface area (Å²) in [7, 11) is 2.10. The van der Waals surface area contributed by atoms with E-state index in [0.29, 0.717) is 0 Å². The zero-order valence-electron chi connectivity index (χ0n) is 6.06. The maximum absolute atomic E-state index is 3.64. The standard InChI is InChI=1S/C8H13B/c1-3-5-7-8(9)6-4-2/h3-4,7H,1-2,5-6,9H2. The first-order chi connectivity index (χ1) is 4.31. The van der Waals surface area contributed by atoms with Crippen LogP contribution in [0.4, 0.5) is 0 Å². The van der Waals surface area contributed by atoms with E-state index in [1.54, 1.807) is 0 Å². The number of allylic oxidation sites excluding steroid dienone is 4. The van der Waals surface area contributed by atoms with Crippen LogP contribution in [-0.2, 0) is 0 Å². The minimum Gasteiger partial charge on any atom is -0.110 e. The molecule has 0 N–H and O–H groups in total. The normalized spacial score (nSPS) is 10.9. The first kappa shape index (κ1) is 8.28. The van der Waals surface area contributed by atoms with Crippen molar-refractivity contribution >= 4 is 7.85 Å². The van der Waals surface area contributed by atoms with Gasteiger partial charge in [-0.15, -0.1) is 18.6 Å². The third-order valence-corrected chi connectivity index (χ3v) is 1.10. The maximum atomic E-state index is 3.64. The first-order valence-corrected chi connectivity index (χ1v) is 3.18. The van der Waals surface area contributed by atoms with E-state index in [2.05, 4.69) is 27.1 Å². The third-order valence-electron chi connectivity index (χ3n) is 1.10. The Kier molecular flexibility index (Phi) is 4.99. The summed E-state index contributed by atoms with van der Waals surface area (Å²) in [4.78, 5) is 0. The molecule has 0 aliphatic carbocycles. The second kappa shape index (κ2) is 5.42. The fourth-order valence-electron chi connectivity index (χ4n) is 0.596. The lowest BCUT2D eigenvalue weighted by molar-refractivity contribution is 1.29. The average molecular weight is 120 g/mol. The number of hydrogen-bond donors (Lipinski definition) is 0. The zero-order valence-corrected chi connectivity index (χ0v) is 6.06. The van der Waals surface area contributed by atoms with E-state index < -0.39 is 0 Å². The minimum absolute atomic E-state index is 0.972. The molecule has 0 saturated heterocycles. The SMILES string of the molecule is BC(=CCC=C)CC=C. The molecule has 0 aromatic carbocycles. The van der Waals surface area contributed by atoms with Gasteiger partial charge in [-0.2, -0.15) is 0 Å². The van der Waals surface area contributed by atoms with Crippen molar-refractivity contribution in [2.24, 2.45) is 0 Å². The van der Waals surface area contributed by atoms with Crippen molar-refractivity contribution in [2.75, 3.05) is 0 Å². The molecule has 0 aromatic heterocycles. The van der Waals surface area contributed by atoms with Crippen LogP contribution >= 0.6 is 0 Å². The van der Waals surface area contributed by atoms with E-state index in [1.807, 2.05) is 12.2 Å². The molecule has 0 saturated carbocycles. The van der Waals surface area contributed by atoms with E-state index >= 15 is 0 Å². The van der Waals surface area contributed by atoms with Crippen LogP contribution in [0.5, 0.6) is 0 Å². The zero-order chi connectivity index (χ0) is 7.11. The Morgan fingerprint density at radius 1 is 1.33 bits per heavy atom. The highest BCUT2D eigenvalue weighted by Crippen LogP contribution is 1.97. The Hall–Kier alpha value is -0.715. The Bertz CT molecular complexity index is 123. The molecule has 9 heavy (non-hydrogen) atoms. The largest absolute Gasteiger partial charge is 0.133 e. The van der Waals surface area contributed by atoms with Crippen molar-refractivity contribution < 1.29 is 0 Å². The monoisotopic (exact) mass is 120 g/mol. The van der Waals surface area contributed by atoms with Gasteiger partial charge in [-0.3, -0.25) is 0 Å². The summed E-state index contributed by atoms with van der Waals surface area (Å²) in [6, 6.07) is 0. The lowest BCUT2D eigenvalue weighted by atomic mass is 9.91. The average Bonchev–Trinajstić information content (AvgIpc) is 1.85. The molecule has 48 valence electrons. The Balaban J connectivity index is 3.53. The van der Waals surface area contributed by atoms with E-state index in [1.165, 1.54) is 5.47 Å². The highest BCUT2D eigenvalue weighted by Gasteiger charge is 1.80. The summed E-state index contributed by atoms with van der Waals surface area (Å²) in [6.07, 6.45) is 7.93. The fourth-order valence-corrected chi connectivity index (χ4v) is 0.596. The Morgan fingerprint density at radius 3 is 2.44 bits per heavy atom. The van der Waals surface area contributed by atoms with Gasteiger partial charge in [-0.1, -0.05) is 18.2 Å². The van der Waals surface area contributed by atoms with Gasteiger partial charge in [0.15, 0.2) is 0 Å². The third kappa shape index (κ3) is 5.15. The second-order valence-corrected chi connectivity index (χ2v) is 2.07. The molecule has 0 rings (SSSR count). The van der Waals surface area contributed by atoms with Crippen LogP contribution in [0.2, 0.25) is 0 Å². The molecule has 0 radical (unpaired) electrons. The van der Waals surface area contributed by atoms with E-state index in [9.17, 15) is 0 Å². The highest BCUT2D eigenvalue weighted by atomic mass is 13.8. The fraction of sp³-hybridized carbons (Fsp3) is 0.250. The Labute approximate surface area is 58.4 Å². The van der Waals surface area contributed by atoms with E-state index in [4.69, 9.17) is 0 Å². The molecule has 0 unspecified atom stereocenters. The van der Waals surface area contributed by atoms with E-state index in [0.717, 1.165) is 12.8 Å². The molecule has 0 fully saturated rings. The molecular weight excluding hydrogens is 107 g/mol. The molecule has 0 spiro atoms. The van der Waals surface area contributed by atoms with Gasteiger partial charge in [0.05, 0.1) is 0 Å². The van der Waals surface area contributed by atoms with Crippen LogP contribution in [0.3, 0.4) is 0 Å². The van der Waals surface area contributed by atoms with Gasteiger partial charge in [-0.25, -0.2) is 0 Å². The predicted molar refractivity (Wildman–Crippen MR) is 46.3 cm³/mol. The summed E-state index contributed by atoms with van der Waals surface area (Å²) in [6.45, 7) is 7.26. The van der Waals surface area contributed by atoms with Crippen molar-refractivity contribution in [3.8, 4) is 0 Å². The number of rotatable bonds is 4. The second-order valence-electron chi connectivity index (χ2n) is 2.07. The van der Waals surface area contributed by atoms with Gasteiger partial charge >= 0.3 is 0 Å². The Morgan fingerprint density at radius 2 is 2.00 bits per heavy atom. The van der Waals surface area contributed by atoms with Gasteiger partial charge in [0, 0.05) is 0 Å². The summed E-state index contributed by atoms with van der Waals surface area (Å²) in [5.41, 5.74) is 1.37. The predicted octanol–water partition coefficient (Wildman–Crippen LogP) is 1.66. The lowest BCUT2D eigenvalue weighted by Gasteiger charge is -1.91. The quantitative estimate of drug-likeness (QED) is 0.391. The van der Waals surface area contributed by atoms with Crippen LogP contribution in [0.1, 0.15) is 12.8 Å². The molecule has 0 aliphatic heterocycles. The minimum atomic E-state index is 0.972. The van der Waals surface area contributed by atoms with Crippen molar-refractivity contribution in [2.45, 2.75) is 12.8 Å². The molecule has 0 atom stereocenters. The van der Waals surface area contributed by atoms with Crippen LogP contribution in [-0.4, -0.2) is 7.85 Å². The summed E-state index contributed by atoms with van der Waals surface area (Å²) < 4.78 is 0. The molecule has 0 heterocycles. The molecule has 0 aromatic rings. The van der Waals surface area contributed by atoms with Gasteiger partial charge in [-0.05, 0) is 12.8 Å². The van der Waals surface area contributed by atoms with Gasteiger partial charge in [0.1, 0.15) is 7.85 Å². The summed E-state index contributed by atoms with van der Waals surface area (Å²) in [5.74, 6) is 0. The van der Waals surface area contributed by atoms with Gasteiger partial charge in [0.25, 0.3) is 0 Å².